The van der Waals surface area contributed by atoms with E-state index in [1.165, 1.54) is 12.1 Å². The minimum atomic E-state index is -1.29. The van der Waals surface area contributed by atoms with Crippen molar-refractivity contribution in [1.82, 2.24) is 10.2 Å². The molecule has 1 aliphatic heterocycles. The fourth-order valence-electron chi connectivity index (χ4n) is 3.23. The SMILES string of the molecule is O=C(CN1C(=O)c2ccc(Br)cc2C1=O)NC1(C(=O)O)CCCC1. The molecule has 126 valence electrons. The van der Waals surface area contributed by atoms with Crippen molar-refractivity contribution in [1.29, 1.82) is 0 Å². The number of carboxylic acid groups (broad SMARTS) is 1. The van der Waals surface area contributed by atoms with Crippen LogP contribution in [0.4, 0.5) is 0 Å². The smallest absolute Gasteiger partial charge is 0.329 e. The van der Waals surface area contributed by atoms with Crippen molar-refractivity contribution in [3.63, 3.8) is 0 Å². The van der Waals surface area contributed by atoms with E-state index in [-0.39, 0.29) is 11.1 Å². The van der Waals surface area contributed by atoms with Gasteiger partial charge in [0.05, 0.1) is 11.1 Å². The number of aliphatic carboxylic acids is 1. The van der Waals surface area contributed by atoms with Gasteiger partial charge in [-0.2, -0.15) is 0 Å². The molecule has 1 fully saturated rings. The fraction of sp³-hybridized carbons (Fsp3) is 0.375. The van der Waals surface area contributed by atoms with Gasteiger partial charge in [0, 0.05) is 4.47 Å². The standard InChI is InChI=1S/C16H15BrN2O5/c17-9-3-4-10-11(7-9)14(22)19(13(10)21)8-12(20)18-16(15(23)24)5-1-2-6-16/h3-4,7H,1-2,5-6,8H2,(H,18,20)(H,23,24). The van der Waals surface area contributed by atoms with Gasteiger partial charge in [-0.05, 0) is 31.0 Å². The Morgan fingerprint density at radius 1 is 1.17 bits per heavy atom. The van der Waals surface area contributed by atoms with E-state index in [1.54, 1.807) is 6.07 Å². The second-order valence-electron chi connectivity index (χ2n) is 6.03. The zero-order chi connectivity index (χ0) is 17.5. The fourth-order valence-corrected chi connectivity index (χ4v) is 3.59. The Labute approximate surface area is 146 Å². The highest BCUT2D eigenvalue weighted by atomic mass is 79.9. The van der Waals surface area contributed by atoms with Crippen LogP contribution in [0.1, 0.15) is 46.4 Å². The predicted molar refractivity (Wildman–Crippen MR) is 86.5 cm³/mol. The Hall–Kier alpha value is -2.22. The molecule has 1 aromatic rings. The molecule has 3 rings (SSSR count). The third-order valence-electron chi connectivity index (χ3n) is 4.48. The lowest BCUT2D eigenvalue weighted by molar-refractivity contribution is -0.147. The molecule has 8 heteroatoms. The Bertz CT molecular complexity index is 755. The number of carbonyl (C=O) groups excluding carboxylic acids is 3. The van der Waals surface area contributed by atoms with Gasteiger partial charge in [-0.3, -0.25) is 19.3 Å². The molecule has 1 saturated carbocycles. The number of benzene rings is 1. The summed E-state index contributed by atoms with van der Waals surface area (Å²) in [5.41, 5.74) is -0.820. The maximum absolute atomic E-state index is 12.3. The summed E-state index contributed by atoms with van der Waals surface area (Å²) >= 11 is 3.24. The summed E-state index contributed by atoms with van der Waals surface area (Å²) in [6, 6.07) is 4.70. The summed E-state index contributed by atoms with van der Waals surface area (Å²) in [4.78, 5) is 49.2. The number of carboxylic acids is 1. The van der Waals surface area contributed by atoms with E-state index < -0.39 is 35.8 Å². The largest absolute Gasteiger partial charge is 0.480 e. The van der Waals surface area contributed by atoms with Crippen molar-refractivity contribution in [3.05, 3.63) is 33.8 Å². The van der Waals surface area contributed by atoms with Crippen molar-refractivity contribution < 1.29 is 24.3 Å². The molecule has 24 heavy (non-hydrogen) atoms. The first-order chi connectivity index (χ1) is 11.3. The number of halogens is 1. The molecular formula is C16H15BrN2O5. The quantitative estimate of drug-likeness (QED) is 0.754. The van der Waals surface area contributed by atoms with Crippen LogP contribution < -0.4 is 5.32 Å². The predicted octanol–water partition coefficient (Wildman–Crippen LogP) is 1.56. The zero-order valence-electron chi connectivity index (χ0n) is 12.7. The first-order valence-electron chi connectivity index (χ1n) is 7.54. The van der Waals surface area contributed by atoms with Gasteiger partial charge in [0.25, 0.3) is 11.8 Å². The van der Waals surface area contributed by atoms with Gasteiger partial charge in [-0.15, -0.1) is 0 Å². The summed E-state index contributed by atoms with van der Waals surface area (Å²) < 4.78 is 0.657. The number of rotatable bonds is 4. The lowest BCUT2D eigenvalue weighted by Crippen LogP contribution is -2.55. The van der Waals surface area contributed by atoms with E-state index in [4.69, 9.17) is 0 Å². The van der Waals surface area contributed by atoms with Gasteiger partial charge in [0.2, 0.25) is 5.91 Å². The van der Waals surface area contributed by atoms with Crippen molar-refractivity contribution >= 4 is 39.6 Å². The second kappa shape index (κ2) is 6.01. The second-order valence-corrected chi connectivity index (χ2v) is 6.94. The molecule has 0 aromatic heterocycles. The molecule has 0 unspecified atom stereocenters. The van der Waals surface area contributed by atoms with Gasteiger partial charge in [0.15, 0.2) is 0 Å². The van der Waals surface area contributed by atoms with Crippen LogP contribution in [0.3, 0.4) is 0 Å². The average Bonchev–Trinajstić information content (AvgIpc) is 3.08. The lowest BCUT2D eigenvalue weighted by atomic mass is 9.98. The lowest BCUT2D eigenvalue weighted by Gasteiger charge is -2.26. The number of nitrogens with one attached hydrogen (secondary N) is 1. The molecule has 3 amide bonds. The minimum absolute atomic E-state index is 0.232. The molecule has 2 N–H and O–H groups in total. The molecule has 0 atom stereocenters. The molecule has 1 aromatic carbocycles. The van der Waals surface area contributed by atoms with Crippen LogP contribution in [0, 0.1) is 0 Å². The van der Waals surface area contributed by atoms with Crippen LogP contribution in [0.15, 0.2) is 22.7 Å². The molecular weight excluding hydrogens is 380 g/mol. The number of amides is 3. The number of fused-ring (bicyclic) bond motifs is 1. The number of carbonyl (C=O) groups is 4. The van der Waals surface area contributed by atoms with Gasteiger partial charge in [-0.1, -0.05) is 28.8 Å². The van der Waals surface area contributed by atoms with Crippen molar-refractivity contribution in [2.45, 2.75) is 31.2 Å². The van der Waals surface area contributed by atoms with Crippen LogP contribution in [0.25, 0.3) is 0 Å². The normalized spacial score (nSPS) is 18.6. The number of hydrogen-bond donors (Lipinski definition) is 2. The Balaban J connectivity index is 1.75. The maximum atomic E-state index is 12.3. The molecule has 0 radical (unpaired) electrons. The van der Waals surface area contributed by atoms with E-state index in [0.29, 0.717) is 30.2 Å². The molecule has 7 nitrogen and oxygen atoms in total. The molecule has 0 bridgehead atoms. The monoisotopic (exact) mass is 394 g/mol. The highest BCUT2D eigenvalue weighted by Gasteiger charge is 2.44. The molecule has 1 heterocycles. The van der Waals surface area contributed by atoms with E-state index in [0.717, 1.165) is 4.90 Å². The summed E-state index contributed by atoms with van der Waals surface area (Å²) in [6.07, 6.45) is 2.13. The van der Waals surface area contributed by atoms with Gasteiger partial charge < -0.3 is 10.4 Å². The Kier molecular flexibility index (Phi) is 4.16. The Morgan fingerprint density at radius 2 is 1.79 bits per heavy atom. The number of hydrogen-bond acceptors (Lipinski definition) is 4. The third-order valence-corrected chi connectivity index (χ3v) is 4.97. The van der Waals surface area contributed by atoms with Gasteiger partial charge >= 0.3 is 5.97 Å². The molecule has 0 saturated heterocycles. The first kappa shape index (κ1) is 16.6. The molecule has 2 aliphatic rings. The van der Waals surface area contributed by atoms with Crippen LogP contribution in [-0.4, -0.2) is 45.8 Å². The van der Waals surface area contributed by atoms with Crippen molar-refractivity contribution in [3.8, 4) is 0 Å². The van der Waals surface area contributed by atoms with Crippen LogP contribution in [-0.2, 0) is 9.59 Å². The average molecular weight is 395 g/mol. The van der Waals surface area contributed by atoms with Crippen LogP contribution in [0.2, 0.25) is 0 Å². The van der Waals surface area contributed by atoms with Crippen LogP contribution in [0.5, 0.6) is 0 Å². The highest BCUT2D eigenvalue weighted by molar-refractivity contribution is 9.10. The van der Waals surface area contributed by atoms with E-state index in [2.05, 4.69) is 21.2 Å². The van der Waals surface area contributed by atoms with Gasteiger partial charge in [-0.25, -0.2) is 4.79 Å². The summed E-state index contributed by atoms with van der Waals surface area (Å²) in [5.74, 6) is -2.83. The highest BCUT2D eigenvalue weighted by Crippen LogP contribution is 2.30. The van der Waals surface area contributed by atoms with E-state index >= 15 is 0 Å². The molecule has 0 spiro atoms. The Morgan fingerprint density at radius 3 is 2.42 bits per heavy atom. The first-order valence-corrected chi connectivity index (χ1v) is 8.33. The van der Waals surface area contributed by atoms with Crippen LogP contribution >= 0.6 is 15.9 Å². The number of nitrogens with zero attached hydrogens (tertiary/aromatic N) is 1. The van der Waals surface area contributed by atoms with E-state index in [9.17, 15) is 24.3 Å². The minimum Gasteiger partial charge on any atom is -0.480 e. The summed E-state index contributed by atoms with van der Waals surface area (Å²) in [6.45, 7) is -0.487. The number of imide groups is 1. The van der Waals surface area contributed by atoms with Crippen molar-refractivity contribution in [2.75, 3.05) is 6.54 Å². The van der Waals surface area contributed by atoms with Crippen molar-refractivity contribution in [2.24, 2.45) is 0 Å². The summed E-state index contributed by atoms with van der Waals surface area (Å²) in [5, 5.41) is 11.9. The summed E-state index contributed by atoms with van der Waals surface area (Å²) in [7, 11) is 0. The maximum Gasteiger partial charge on any atom is 0.329 e. The van der Waals surface area contributed by atoms with E-state index in [1.807, 2.05) is 0 Å². The zero-order valence-corrected chi connectivity index (χ0v) is 14.3. The topological polar surface area (TPSA) is 104 Å². The molecule has 1 aliphatic carbocycles. The van der Waals surface area contributed by atoms with Gasteiger partial charge in [0.1, 0.15) is 12.1 Å². The third kappa shape index (κ3) is 2.71.